The van der Waals surface area contributed by atoms with Gasteiger partial charge in [-0.2, -0.15) is 0 Å². The molecule has 1 rings (SSSR count). The molecule has 0 fully saturated rings. The summed E-state index contributed by atoms with van der Waals surface area (Å²) in [6.07, 6.45) is -1.95. The van der Waals surface area contributed by atoms with Crippen LogP contribution in [0, 0.1) is 6.92 Å². The van der Waals surface area contributed by atoms with Crippen LogP contribution < -0.4 is 10.5 Å². The average Bonchev–Trinajstić information content (AvgIpc) is 2.21. The molecular weight excluding hydrogens is 231 g/mol. The van der Waals surface area contributed by atoms with E-state index in [-0.39, 0.29) is 5.75 Å². The Bertz CT molecular complexity index is 363. The number of benzene rings is 1. The van der Waals surface area contributed by atoms with Crippen LogP contribution in [0.25, 0.3) is 0 Å². The maximum atomic E-state index is 12.0. The molecule has 96 valence electrons. The molecule has 2 N–H and O–H groups in total. The first-order valence-corrected chi connectivity index (χ1v) is 5.48. The fourth-order valence-electron chi connectivity index (χ4n) is 1.58. The van der Waals surface area contributed by atoms with Crippen molar-refractivity contribution in [1.29, 1.82) is 0 Å². The Morgan fingerprint density at radius 1 is 1.24 bits per heavy atom. The minimum Gasteiger partial charge on any atom is -0.406 e. The molecule has 0 aliphatic rings. The van der Waals surface area contributed by atoms with E-state index >= 15 is 0 Å². The lowest BCUT2D eigenvalue weighted by atomic mass is 10.1. The summed E-state index contributed by atoms with van der Waals surface area (Å²) in [5.74, 6) is -0.139. The molecule has 1 aromatic rings. The summed E-state index contributed by atoms with van der Waals surface area (Å²) < 4.78 is 40.0. The highest BCUT2D eigenvalue weighted by Gasteiger charge is 2.31. The highest BCUT2D eigenvalue weighted by molar-refractivity contribution is 5.36. The third-order valence-corrected chi connectivity index (χ3v) is 2.38. The predicted molar refractivity (Wildman–Crippen MR) is 59.9 cm³/mol. The van der Waals surface area contributed by atoms with E-state index < -0.39 is 6.36 Å². The zero-order valence-corrected chi connectivity index (χ0v) is 9.68. The molecule has 0 saturated carbocycles. The Morgan fingerprint density at radius 2 is 1.94 bits per heavy atom. The fourth-order valence-corrected chi connectivity index (χ4v) is 1.58. The van der Waals surface area contributed by atoms with Gasteiger partial charge in [-0.15, -0.1) is 13.2 Å². The predicted octanol–water partition coefficient (Wildman–Crippen LogP) is 3.18. The second-order valence-electron chi connectivity index (χ2n) is 3.89. The minimum atomic E-state index is -4.63. The quantitative estimate of drug-likeness (QED) is 0.811. The van der Waals surface area contributed by atoms with Crippen LogP contribution in [0.15, 0.2) is 18.2 Å². The van der Waals surface area contributed by atoms with Crippen molar-refractivity contribution in [2.24, 2.45) is 5.73 Å². The minimum absolute atomic E-state index is 0.139. The number of unbranched alkanes of at least 4 members (excludes halogenated alkanes) is 1. The zero-order valence-electron chi connectivity index (χ0n) is 9.68. The van der Waals surface area contributed by atoms with E-state index in [0.29, 0.717) is 12.1 Å². The van der Waals surface area contributed by atoms with Crippen molar-refractivity contribution in [1.82, 2.24) is 0 Å². The van der Waals surface area contributed by atoms with E-state index in [0.717, 1.165) is 24.8 Å². The highest BCUT2D eigenvalue weighted by atomic mass is 19.4. The van der Waals surface area contributed by atoms with Crippen LogP contribution in [0.3, 0.4) is 0 Å². The molecule has 0 aliphatic carbocycles. The molecule has 0 spiro atoms. The third kappa shape index (κ3) is 5.08. The molecule has 0 atom stereocenters. The van der Waals surface area contributed by atoms with Gasteiger partial charge in [0.15, 0.2) is 0 Å². The Kier molecular flexibility index (Phi) is 4.81. The van der Waals surface area contributed by atoms with Crippen molar-refractivity contribution >= 4 is 0 Å². The summed E-state index contributed by atoms with van der Waals surface area (Å²) in [5.41, 5.74) is 6.87. The number of halogens is 3. The van der Waals surface area contributed by atoms with E-state index in [9.17, 15) is 13.2 Å². The van der Waals surface area contributed by atoms with Crippen LogP contribution >= 0.6 is 0 Å². The van der Waals surface area contributed by atoms with Gasteiger partial charge in [-0.1, -0.05) is 12.1 Å². The van der Waals surface area contributed by atoms with Gasteiger partial charge in [0.2, 0.25) is 0 Å². The standard InChI is InChI=1S/C12H16F3NO/c1-9-8-10(4-2-3-7-16)5-6-11(9)17-12(13,14)15/h5-6,8H,2-4,7,16H2,1H3. The van der Waals surface area contributed by atoms with Gasteiger partial charge in [-0.3, -0.25) is 0 Å². The molecule has 0 amide bonds. The summed E-state index contributed by atoms with van der Waals surface area (Å²) in [4.78, 5) is 0. The number of rotatable bonds is 5. The lowest BCUT2D eigenvalue weighted by molar-refractivity contribution is -0.274. The average molecular weight is 247 g/mol. The number of nitrogens with two attached hydrogens (primary N) is 1. The fraction of sp³-hybridized carbons (Fsp3) is 0.500. The second kappa shape index (κ2) is 5.91. The summed E-state index contributed by atoms with van der Waals surface area (Å²) >= 11 is 0. The van der Waals surface area contributed by atoms with Crippen molar-refractivity contribution < 1.29 is 17.9 Å². The number of hydrogen-bond acceptors (Lipinski definition) is 2. The first-order valence-electron chi connectivity index (χ1n) is 5.48. The lowest BCUT2D eigenvalue weighted by Gasteiger charge is -2.12. The number of alkyl halides is 3. The van der Waals surface area contributed by atoms with Crippen LogP contribution in [0.1, 0.15) is 24.0 Å². The molecular formula is C12H16F3NO. The van der Waals surface area contributed by atoms with Crippen molar-refractivity contribution in [3.05, 3.63) is 29.3 Å². The summed E-state index contributed by atoms with van der Waals surface area (Å²) in [7, 11) is 0. The van der Waals surface area contributed by atoms with Crippen LogP contribution in [0.4, 0.5) is 13.2 Å². The topological polar surface area (TPSA) is 35.2 Å². The van der Waals surface area contributed by atoms with Crippen molar-refractivity contribution in [2.75, 3.05) is 6.54 Å². The monoisotopic (exact) mass is 247 g/mol. The van der Waals surface area contributed by atoms with Crippen molar-refractivity contribution in [3.8, 4) is 5.75 Å². The molecule has 0 saturated heterocycles. The van der Waals surface area contributed by atoms with E-state index in [2.05, 4.69) is 4.74 Å². The molecule has 0 aliphatic heterocycles. The van der Waals surface area contributed by atoms with Gasteiger partial charge in [0.05, 0.1) is 0 Å². The van der Waals surface area contributed by atoms with E-state index in [1.54, 1.807) is 19.1 Å². The van der Waals surface area contributed by atoms with Gasteiger partial charge in [-0.05, 0) is 49.9 Å². The molecule has 0 heterocycles. The van der Waals surface area contributed by atoms with E-state index in [1.807, 2.05) is 0 Å². The summed E-state index contributed by atoms with van der Waals surface area (Å²) in [6.45, 7) is 2.24. The Labute approximate surface area is 98.6 Å². The first-order chi connectivity index (χ1) is 7.92. The van der Waals surface area contributed by atoms with Crippen LogP contribution in [0.2, 0.25) is 0 Å². The van der Waals surface area contributed by atoms with Crippen LogP contribution in [-0.2, 0) is 6.42 Å². The van der Waals surface area contributed by atoms with E-state index in [1.165, 1.54) is 6.07 Å². The third-order valence-electron chi connectivity index (χ3n) is 2.38. The van der Waals surface area contributed by atoms with Crippen molar-refractivity contribution in [2.45, 2.75) is 32.5 Å². The molecule has 1 aromatic carbocycles. The molecule has 17 heavy (non-hydrogen) atoms. The largest absolute Gasteiger partial charge is 0.573 e. The van der Waals surface area contributed by atoms with Gasteiger partial charge >= 0.3 is 6.36 Å². The van der Waals surface area contributed by atoms with Gasteiger partial charge < -0.3 is 10.5 Å². The summed E-state index contributed by atoms with van der Waals surface area (Å²) in [6, 6.07) is 4.74. The molecule has 0 bridgehead atoms. The lowest BCUT2D eigenvalue weighted by Crippen LogP contribution is -2.17. The SMILES string of the molecule is Cc1cc(CCCCN)ccc1OC(F)(F)F. The summed E-state index contributed by atoms with van der Waals surface area (Å²) in [5, 5.41) is 0. The Hall–Kier alpha value is -1.23. The molecule has 0 unspecified atom stereocenters. The highest BCUT2D eigenvalue weighted by Crippen LogP contribution is 2.26. The maximum absolute atomic E-state index is 12.0. The van der Waals surface area contributed by atoms with Crippen molar-refractivity contribution in [3.63, 3.8) is 0 Å². The Morgan fingerprint density at radius 3 is 2.47 bits per heavy atom. The molecule has 0 radical (unpaired) electrons. The zero-order chi connectivity index (χ0) is 12.9. The van der Waals surface area contributed by atoms with Gasteiger partial charge in [-0.25, -0.2) is 0 Å². The molecule has 5 heteroatoms. The number of aryl methyl sites for hydroxylation is 2. The van der Waals surface area contributed by atoms with Crippen LogP contribution in [-0.4, -0.2) is 12.9 Å². The number of hydrogen-bond donors (Lipinski definition) is 1. The molecule has 2 nitrogen and oxygen atoms in total. The normalized spacial score (nSPS) is 11.6. The Balaban J connectivity index is 2.66. The first kappa shape index (κ1) is 13.8. The maximum Gasteiger partial charge on any atom is 0.573 e. The van der Waals surface area contributed by atoms with Crippen LogP contribution in [0.5, 0.6) is 5.75 Å². The van der Waals surface area contributed by atoms with Gasteiger partial charge in [0, 0.05) is 0 Å². The van der Waals surface area contributed by atoms with Gasteiger partial charge in [0.1, 0.15) is 5.75 Å². The number of ether oxygens (including phenoxy) is 1. The smallest absolute Gasteiger partial charge is 0.406 e. The van der Waals surface area contributed by atoms with Gasteiger partial charge in [0.25, 0.3) is 0 Å². The molecule has 0 aromatic heterocycles. The second-order valence-corrected chi connectivity index (χ2v) is 3.89. The van der Waals surface area contributed by atoms with E-state index in [4.69, 9.17) is 5.73 Å².